The number of rotatable bonds is 3. The normalized spacial score (nSPS) is 10.9. The summed E-state index contributed by atoms with van der Waals surface area (Å²) in [5.41, 5.74) is -0.661. The molecule has 0 heterocycles. The molecular formula is C13H16O5. The van der Waals surface area contributed by atoms with Crippen molar-refractivity contribution in [3.05, 3.63) is 34.9 Å². The van der Waals surface area contributed by atoms with Crippen molar-refractivity contribution < 1.29 is 24.2 Å². The highest BCUT2D eigenvalue weighted by Gasteiger charge is 2.48. The Kier molecular flexibility index (Phi) is 4.08. The van der Waals surface area contributed by atoms with Gasteiger partial charge in [0.15, 0.2) is 0 Å². The number of carbonyl (C=O) groups is 2. The van der Waals surface area contributed by atoms with Crippen LogP contribution in [0.5, 0.6) is 0 Å². The zero-order chi connectivity index (χ0) is 13.9. The third kappa shape index (κ3) is 2.36. The molecule has 0 aromatic heterocycles. The summed E-state index contributed by atoms with van der Waals surface area (Å²) in [5.74, 6) is -2.14. The smallest absolute Gasteiger partial charge is 0.354 e. The minimum atomic E-state index is -2.43. The molecule has 0 aliphatic heterocycles. The van der Waals surface area contributed by atoms with Gasteiger partial charge in [0.05, 0.1) is 14.2 Å². The number of esters is 2. The fraction of sp³-hybridized carbons (Fsp3) is 0.385. The van der Waals surface area contributed by atoms with Gasteiger partial charge in [-0.1, -0.05) is 29.3 Å². The summed E-state index contributed by atoms with van der Waals surface area (Å²) < 4.78 is 8.97. The lowest BCUT2D eigenvalue weighted by Crippen LogP contribution is -2.45. The lowest BCUT2D eigenvalue weighted by Gasteiger charge is -2.23. The molecule has 0 bridgehead atoms. The van der Waals surface area contributed by atoms with Gasteiger partial charge in [0.25, 0.3) is 5.60 Å². The van der Waals surface area contributed by atoms with E-state index in [-0.39, 0.29) is 5.56 Å². The quantitative estimate of drug-likeness (QED) is 0.637. The Morgan fingerprint density at radius 3 is 1.72 bits per heavy atom. The van der Waals surface area contributed by atoms with E-state index >= 15 is 0 Å². The number of benzene rings is 1. The van der Waals surface area contributed by atoms with Crippen molar-refractivity contribution in [3.63, 3.8) is 0 Å². The second-order valence-electron chi connectivity index (χ2n) is 4.07. The summed E-state index contributed by atoms with van der Waals surface area (Å²) in [7, 11) is 2.19. The minimum Gasteiger partial charge on any atom is -0.466 e. The zero-order valence-corrected chi connectivity index (χ0v) is 10.8. The van der Waals surface area contributed by atoms with Crippen molar-refractivity contribution in [1.82, 2.24) is 0 Å². The molecule has 1 rings (SSSR count). The van der Waals surface area contributed by atoms with Crippen LogP contribution in [0.2, 0.25) is 0 Å². The molecule has 0 radical (unpaired) electrons. The predicted molar refractivity (Wildman–Crippen MR) is 63.8 cm³/mol. The monoisotopic (exact) mass is 252 g/mol. The van der Waals surface area contributed by atoms with Gasteiger partial charge in [0, 0.05) is 5.56 Å². The van der Waals surface area contributed by atoms with Gasteiger partial charge < -0.3 is 14.6 Å². The molecule has 0 unspecified atom stereocenters. The van der Waals surface area contributed by atoms with E-state index in [9.17, 15) is 14.7 Å². The summed E-state index contributed by atoms with van der Waals surface area (Å²) in [6, 6.07) is 4.94. The maximum atomic E-state index is 11.7. The molecule has 98 valence electrons. The molecule has 0 saturated heterocycles. The molecule has 0 aliphatic rings. The molecule has 1 aromatic carbocycles. The van der Waals surface area contributed by atoms with Crippen LogP contribution in [0.3, 0.4) is 0 Å². The van der Waals surface area contributed by atoms with E-state index in [1.807, 2.05) is 6.07 Å². The van der Waals surface area contributed by atoms with Crippen LogP contribution in [0, 0.1) is 13.8 Å². The van der Waals surface area contributed by atoms with E-state index in [4.69, 9.17) is 0 Å². The first kappa shape index (κ1) is 14.2. The van der Waals surface area contributed by atoms with Crippen molar-refractivity contribution in [3.8, 4) is 0 Å². The maximum absolute atomic E-state index is 11.7. The average molecular weight is 252 g/mol. The Morgan fingerprint density at radius 2 is 1.39 bits per heavy atom. The van der Waals surface area contributed by atoms with Crippen LogP contribution >= 0.6 is 0 Å². The molecule has 5 nitrogen and oxygen atoms in total. The van der Waals surface area contributed by atoms with Gasteiger partial charge in [0.1, 0.15) is 0 Å². The number of carbonyl (C=O) groups excluding carboxylic acids is 2. The third-order valence-electron chi connectivity index (χ3n) is 2.60. The highest BCUT2D eigenvalue weighted by atomic mass is 16.6. The zero-order valence-electron chi connectivity index (χ0n) is 10.8. The van der Waals surface area contributed by atoms with Gasteiger partial charge in [-0.2, -0.15) is 0 Å². The van der Waals surface area contributed by atoms with Gasteiger partial charge in [-0.25, -0.2) is 9.59 Å². The van der Waals surface area contributed by atoms with Crippen LogP contribution in [0.1, 0.15) is 16.7 Å². The SMILES string of the molecule is COC(=O)C(O)(C(=O)OC)c1cc(C)cc(C)c1. The number of aryl methyl sites for hydroxylation is 2. The van der Waals surface area contributed by atoms with E-state index in [2.05, 4.69) is 9.47 Å². The summed E-state index contributed by atoms with van der Waals surface area (Å²) in [5, 5.41) is 10.3. The van der Waals surface area contributed by atoms with E-state index in [0.29, 0.717) is 0 Å². The Morgan fingerprint density at radius 1 is 1.00 bits per heavy atom. The molecule has 0 fully saturated rings. The van der Waals surface area contributed by atoms with Gasteiger partial charge in [-0.3, -0.25) is 0 Å². The molecule has 0 aliphatic carbocycles. The van der Waals surface area contributed by atoms with Gasteiger partial charge in [-0.15, -0.1) is 0 Å². The van der Waals surface area contributed by atoms with Crippen LogP contribution in [0.25, 0.3) is 0 Å². The van der Waals surface area contributed by atoms with E-state index in [1.165, 1.54) is 0 Å². The molecule has 0 saturated carbocycles. The summed E-state index contributed by atoms with van der Waals surface area (Å²) in [4.78, 5) is 23.4. The molecule has 0 atom stereocenters. The van der Waals surface area contributed by atoms with Crippen molar-refractivity contribution in [2.24, 2.45) is 0 Å². The van der Waals surface area contributed by atoms with Crippen molar-refractivity contribution in [2.45, 2.75) is 19.4 Å². The lowest BCUT2D eigenvalue weighted by molar-refractivity contribution is -0.181. The Hall–Kier alpha value is -1.88. The Labute approximate surface area is 105 Å². The molecule has 5 heteroatoms. The number of hydrogen-bond acceptors (Lipinski definition) is 5. The number of hydrogen-bond donors (Lipinski definition) is 1. The number of aliphatic hydroxyl groups is 1. The fourth-order valence-electron chi connectivity index (χ4n) is 1.80. The molecule has 0 amide bonds. The van der Waals surface area contributed by atoms with E-state index in [0.717, 1.165) is 25.3 Å². The highest BCUT2D eigenvalue weighted by Crippen LogP contribution is 2.26. The second-order valence-corrected chi connectivity index (χ2v) is 4.07. The predicted octanol–water partition coefficient (Wildman–Crippen LogP) is 0.837. The molecule has 0 spiro atoms. The van der Waals surface area contributed by atoms with Gasteiger partial charge in [0.2, 0.25) is 0 Å². The highest BCUT2D eigenvalue weighted by molar-refractivity contribution is 6.04. The van der Waals surface area contributed by atoms with E-state index < -0.39 is 17.5 Å². The molecular weight excluding hydrogens is 236 g/mol. The van der Waals surface area contributed by atoms with Gasteiger partial charge in [-0.05, 0) is 13.8 Å². The van der Waals surface area contributed by atoms with Crippen molar-refractivity contribution >= 4 is 11.9 Å². The number of methoxy groups -OCH3 is 2. The van der Waals surface area contributed by atoms with Crippen LogP contribution < -0.4 is 0 Å². The van der Waals surface area contributed by atoms with Gasteiger partial charge >= 0.3 is 11.9 Å². The largest absolute Gasteiger partial charge is 0.466 e. The van der Waals surface area contributed by atoms with Crippen LogP contribution in [0.4, 0.5) is 0 Å². The summed E-state index contributed by atoms with van der Waals surface area (Å²) in [6.45, 7) is 3.59. The summed E-state index contributed by atoms with van der Waals surface area (Å²) >= 11 is 0. The minimum absolute atomic E-state index is 0.138. The average Bonchev–Trinajstić information content (AvgIpc) is 2.34. The summed E-state index contributed by atoms with van der Waals surface area (Å²) in [6.07, 6.45) is 0. The lowest BCUT2D eigenvalue weighted by atomic mass is 9.91. The van der Waals surface area contributed by atoms with E-state index in [1.54, 1.807) is 26.0 Å². The Balaban J connectivity index is 3.43. The number of ether oxygens (including phenoxy) is 2. The third-order valence-corrected chi connectivity index (χ3v) is 2.60. The second kappa shape index (κ2) is 5.18. The van der Waals surface area contributed by atoms with Crippen LogP contribution in [0.15, 0.2) is 18.2 Å². The van der Waals surface area contributed by atoms with Crippen molar-refractivity contribution in [1.29, 1.82) is 0 Å². The molecule has 1 N–H and O–H groups in total. The molecule has 1 aromatic rings. The first-order valence-corrected chi connectivity index (χ1v) is 5.34. The van der Waals surface area contributed by atoms with Crippen LogP contribution in [-0.4, -0.2) is 31.3 Å². The van der Waals surface area contributed by atoms with Crippen molar-refractivity contribution in [2.75, 3.05) is 14.2 Å². The Bertz CT molecular complexity index is 442. The molecule has 18 heavy (non-hydrogen) atoms. The standard InChI is InChI=1S/C13H16O5/c1-8-5-9(2)7-10(6-8)13(16,11(14)17-3)12(15)18-4/h5-7,16H,1-4H3. The topological polar surface area (TPSA) is 72.8 Å². The first-order valence-electron chi connectivity index (χ1n) is 5.34. The maximum Gasteiger partial charge on any atom is 0.354 e. The fourth-order valence-corrected chi connectivity index (χ4v) is 1.80. The van der Waals surface area contributed by atoms with Crippen LogP contribution in [-0.2, 0) is 24.7 Å². The first-order chi connectivity index (χ1) is 8.36.